The smallest absolute Gasteiger partial charge is 0.256 e. The van der Waals surface area contributed by atoms with Crippen LogP contribution in [0.1, 0.15) is 21.7 Å². The highest BCUT2D eigenvalue weighted by Crippen LogP contribution is 2.20. The zero-order valence-electron chi connectivity index (χ0n) is 10.7. The number of nitrogens with two attached hydrogens (primary N) is 1. The molecule has 0 bridgehead atoms. The lowest BCUT2D eigenvalue weighted by Gasteiger charge is -2.27. The maximum absolute atomic E-state index is 12.5. The molecule has 0 saturated carbocycles. The lowest BCUT2D eigenvalue weighted by Crippen LogP contribution is -2.38. The van der Waals surface area contributed by atoms with E-state index in [4.69, 9.17) is 5.73 Å². The van der Waals surface area contributed by atoms with Gasteiger partial charge in [-0.25, -0.2) is 0 Å². The Labute approximate surface area is 110 Å². The normalized spacial score (nSPS) is 14.3. The molecular formula is C13H15N5O. The van der Waals surface area contributed by atoms with Crippen molar-refractivity contribution in [3.63, 3.8) is 0 Å². The first kappa shape index (κ1) is 11.7. The molecule has 1 aliphatic rings. The number of amides is 1. The molecule has 1 aromatic heterocycles. The van der Waals surface area contributed by atoms with E-state index in [1.165, 1.54) is 0 Å². The topological polar surface area (TPSA) is 77.0 Å². The molecule has 98 valence electrons. The third-order valence-electron chi connectivity index (χ3n) is 3.48. The van der Waals surface area contributed by atoms with Crippen molar-refractivity contribution in [3.05, 3.63) is 41.5 Å². The maximum Gasteiger partial charge on any atom is 0.256 e. The first-order valence-electron chi connectivity index (χ1n) is 6.18. The summed E-state index contributed by atoms with van der Waals surface area (Å²) >= 11 is 0. The summed E-state index contributed by atoms with van der Waals surface area (Å²) in [5.74, 6) is 0.765. The molecule has 2 heterocycles. The van der Waals surface area contributed by atoms with Crippen LogP contribution in [0, 0.1) is 6.92 Å². The molecule has 0 radical (unpaired) electrons. The van der Waals surface area contributed by atoms with Gasteiger partial charge in [0.25, 0.3) is 5.91 Å². The lowest BCUT2D eigenvalue weighted by molar-refractivity contribution is 0.0708. The van der Waals surface area contributed by atoms with E-state index in [1.807, 2.05) is 23.6 Å². The minimum atomic E-state index is -0.0459. The highest BCUT2D eigenvalue weighted by molar-refractivity contribution is 5.99. The number of aromatic nitrogens is 3. The number of fused-ring (bicyclic) bond motifs is 1. The van der Waals surface area contributed by atoms with Gasteiger partial charge in [0.15, 0.2) is 5.82 Å². The Hall–Kier alpha value is -2.37. The number of aryl methyl sites for hydroxylation is 1. The number of rotatable bonds is 1. The van der Waals surface area contributed by atoms with Gasteiger partial charge in [0, 0.05) is 18.8 Å². The van der Waals surface area contributed by atoms with Crippen LogP contribution in [0.25, 0.3) is 0 Å². The van der Waals surface area contributed by atoms with Crippen LogP contribution in [-0.4, -0.2) is 32.1 Å². The van der Waals surface area contributed by atoms with Gasteiger partial charge in [-0.05, 0) is 18.6 Å². The van der Waals surface area contributed by atoms with E-state index in [-0.39, 0.29) is 5.91 Å². The minimum Gasteiger partial charge on any atom is -0.398 e. The predicted octanol–water partition coefficient (Wildman–Crippen LogP) is 0.825. The van der Waals surface area contributed by atoms with Gasteiger partial charge in [-0.2, -0.15) is 0 Å². The molecule has 2 N–H and O–H groups in total. The van der Waals surface area contributed by atoms with Gasteiger partial charge in [0.1, 0.15) is 6.33 Å². The molecule has 0 fully saturated rings. The summed E-state index contributed by atoms with van der Waals surface area (Å²) in [4.78, 5) is 14.3. The SMILES string of the molecule is Cc1cccc(C(=O)N2CCn3cnnc3C2)c1N. The fourth-order valence-corrected chi connectivity index (χ4v) is 2.28. The van der Waals surface area contributed by atoms with Gasteiger partial charge < -0.3 is 15.2 Å². The van der Waals surface area contributed by atoms with Crippen molar-refractivity contribution in [1.82, 2.24) is 19.7 Å². The predicted molar refractivity (Wildman–Crippen MR) is 70.4 cm³/mol. The van der Waals surface area contributed by atoms with Gasteiger partial charge >= 0.3 is 0 Å². The molecule has 1 amide bonds. The number of para-hydroxylation sites is 1. The molecule has 1 aliphatic heterocycles. The second-order valence-electron chi connectivity index (χ2n) is 4.70. The first-order valence-corrected chi connectivity index (χ1v) is 6.18. The van der Waals surface area contributed by atoms with Gasteiger partial charge in [0.05, 0.1) is 12.1 Å². The van der Waals surface area contributed by atoms with Crippen molar-refractivity contribution < 1.29 is 4.79 Å². The summed E-state index contributed by atoms with van der Waals surface area (Å²) in [6.07, 6.45) is 1.69. The Balaban J connectivity index is 1.88. The molecule has 3 rings (SSSR count). The number of hydrogen-bond donors (Lipinski definition) is 1. The largest absolute Gasteiger partial charge is 0.398 e. The Bertz CT molecular complexity index is 634. The third-order valence-corrected chi connectivity index (χ3v) is 3.48. The van der Waals surface area contributed by atoms with Gasteiger partial charge in [-0.1, -0.05) is 12.1 Å². The van der Waals surface area contributed by atoms with Crippen LogP contribution in [0.5, 0.6) is 0 Å². The van der Waals surface area contributed by atoms with Crippen molar-refractivity contribution in [2.24, 2.45) is 0 Å². The summed E-state index contributed by atoms with van der Waals surface area (Å²) in [5, 5.41) is 7.86. The summed E-state index contributed by atoms with van der Waals surface area (Å²) in [6, 6.07) is 5.52. The van der Waals surface area contributed by atoms with Gasteiger partial charge in [-0.15, -0.1) is 10.2 Å². The second kappa shape index (κ2) is 4.38. The Kier molecular flexibility index (Phi) is 2.70. The molecular weight excluding hydrogens is 242 g/mol. The van der Waals surface area contributed by atoms with Crippen molar-refractivity contribution in [2.75, 3.05) is 12.3 Å². The lowest BCUT2D eigenvalue weighted by atomic mass is 10.1. The highest BCUT2D eigenvalue weighted by Gasteiger charge is 2.24. The summed E-state index contributed by atoms with van der Waals surface area (Å²) in [7, 11) is 0. The molecule has 6 heteroatoms. The molecule has 6 nitrogen and oxygen atoms in total. The van der Waals surface area contributed by atoms with E-state index in [2.05, 4.69) is 10.2 Å². The number of carbonyl (C=O) groups excluding carboxylic acids is 1. The highest BCUT2D eigenvalue weighted by atomic mass is 16.2. The van der Waals surface area contributed by atoms with E-state index in [1.54, 1.807) is 17.3 Å². The number of anilines is 1. The Morgan fingerprint density at radius 3 is 3.05 bits per heavy atom. The van der Waals surface area contributed by atoms with Crippen LogP contribution in [0.2, 0.25) is 0 Å². The number of benzene rings is 1. The van der Waals surface area contributed by atoms with E-state index >= 15 is 0 Å². The monoisotopic (exact) mass is 257 g/mol. The Morgan fingerprint density at radius 2 is 2.21 bits per heavy atom. The Morgan fingerprint density at radius 1 is 1.37 bits per heavy atom. The van der Waals surface area contributed by atoms with Crippen LogP contribution >= 0.6 is 0 Å². The minimum absolute atomic E-state index is 0.0459. The quantitative estimate of drug-likeness (QED) is 0.767. The van der Waals surface area contributed by atoms with Crippen LogP contribution in [-0.2, 0) is 13.1 Å². The van der Waals surface area contributed by atoms with Crippen molar-refractivity contribution in [2.45, 2.75) is 20.0 Å². The number of nitrogen functional groups attached to an aromatic ring is 1. The van der Waals surface area contributed by atoms with Crippen molar-refractivity contribution >= 4 is 11.6 Å². The molecule has 0 atom stereocenters. The molecule has 0 unspecified atom stereocenters. The molecule has 1 aromatic carbocycles. The maximum atomic E-state index is 12.5. The van der Waals surface area contributed by atoms with Gasteiger partial charge in [0.2, 0.25) is 0 Å². The van der Waals surface area contributed by atoms with Crippen molar-refractivity contribution in [3.8, 4) is 0 Å². The molecule has 2 aromatic rings. The van der Waals surface area contributed by atoms with Gasteiger partial charge in [-0.3, -0.25) is 4.79 Å². The van der Waals surface area contributed by atoms with E-state index < -0.39 is 0 Å². The molecule has 0 saturated heterocycles. The third kappa shape index (κ3) is 1.95. The van der Waals surface area contributed by atoms with Crippen molar-refractivity contribution in [1.29, 1.82) is 0 Å². The first-order chi connectivity index (χ1) is 9.16. The fourth-order valence-electron chi connectivity index (χ4n) is 2.28. The van der Waals surface area contributed by atoms with Crippen LogP contribution < -0.4 is 5.73 Å². The number of nitrogens with zero attached hydrogens (tertiary/aromatic N) is 4. The fraction of sp³-hybridized carbons (Fsp3) is 0.308. The van der Waals surface area contributed by atoms with E-state index in [0.717, 1.165) is 17.9 Å². The molecule has 19 heavy (non-hydrogen) atoms. The van der Waals surface area contributed by atoms with Crippen LogP contribution in [0.15, 0.2) is 24.5 Å². The average molecular weight is 257 g/mol. The zero-order valence-corrected chi connectivity index (χ0v) is 10.7. The summed E-state index contributed by atoms with van der Waals surface area (Å²) in [6.45, 7) is 3.75. The summed E-state index contributed by atoms with van der Waals surface area (Å²) < 4.78 is 1.96. The number of carbonyl (C=O) groups is 1. The average Bonchev–Trinajstić information content (AvgIpc) is 2.88. The van der Waals surface area contributed by atoms with E-state index in [0.29, 0.717) is 24.3 Å². The summed E-state index contributed by atoms with van der Waals surface area (Å²) in [5.41, 5.74) is 8.02. The van der Waals surface area contributed by atoms with E-state index in [9.17, 15) is 4.79 Å². The molecule has 0 spiro atoms. The number of hydrogen-bond acceptors (Lipinski definition) is 4. The molecule has 0 aliphatic carbocycles. The second-order valence-corrected chi connectivity index (χ2v) is 4.70. The zero-order chi connectivity index (χ0) is 13.4. The van der Waals surface area contributed by atoms with Crippen LogP contribution in [0.4, 0.5) is 5.69 Å². The van der Waals surface area contributed by atoms with Crippen LogP contribution in [0.3, 0.4) is 0 Å². The standard InChI is InChI=1S/C13H15N5O/c1-9-3-2-4-10(12(9)14)13(19)17-5-6-18-8-15-16-11(18)7-17/h2-4,8H,5-7,14H2,1H3.